The quantitative estimate of drug-likeness (QED) is 0.619. The largest absolute Gasteiger partial charge is 0.399 e. The van der Waals surface area contributed by atoms with Crippen molar-refractivity contribution in [3.8, 4) is 0 Å². The van der Waals surface area contributed by atoms with Crippen molar-refractivity contribution in [2.75, 3.05) is 0 Å². The average molecular weight is 187 g/mol. The van der Waals surface area contributed by atoms with Crippen LogP contribution in [0.4, 0.5) is 0 Å². The number of hydrogen-bond donors (Lipinski definition) is 1. The fourth-order valence-corrected chi connectivity index (χ4v) is 3.03. The van der Waals surface area contributed by atoms with Gasteiger partial charge in [0.15, 0.2) is 0 Å². The lowest BCUT2D eigenvalue weighted by atomic mass is 9.89. The zero-order chi connectivity index (χ0) is 9.54. The highest BCUT2D eigenvalue weighted by molar-refractivity contribution is 5.49. The van der Waals surface area contributed by atoms with Crippen molar-refractivity contribution < 1.29 is 0 Å². The van der Waals surface area contributed by atoms with Crippen molar-refractivity contribution >= 4 is 0 Å². The number of rotatable bonds is 0. The maximum Gasteiger partial charge on any atom is 0.0344 e. The van der Waals surface area contributed by atoms with Gasteiger partial charge in [0.05, 0.1) is 0 Å². The Morgan fingerprint density at radius 2 is 1.86 bits per heavy atom. The van der Waals surface area contributed by atoms with E-state index >= 15 is 0 Å². The summed E-state index contributed by atoms with van der Waals surface area (Å²) in [6.45, 7) is 0. The van der Waals surface area contributed by atoms with E-state index in [0.29, 0.717) is 0 Å². The monoisotopic (exact) mass is 187 g/mol. The first kappa shape index (κ1) is 8.34. The molecule has 0 saturated heterocycles. The molecule has 3 rings (SSSR count). The lowest BCUT2D eigenvalue weighted by Crippen LogP contribution is -2.07. The summed E-state index contributed by atoms with van der Waals surface area (Å²) in [5, 5.41) is 0. The van der Waals surface area contributed by atoms with Gasteiger partial charge in [-0.3, -0.25) is 0 Å². The molecule has 0 spiro atoms. The van der Waals surface area contributed by atoms with Gasteiger partial charge in [0.1, 0.15) is 0 Å². The van der Waals surface area contributed by atoms with Gasteiger partial charge in [-0.25, -0.2) is 0 Å². The van der Waals surface area contributed by atoms with E-state index < -0.39 is 0 Å². The summed E-state index contributed by atoms with van der Waals surface area (Å²) in [6, 6.07) is 0. The zero-order valence-corrected chi connectivity index (χ0v) is 8.60. The summed E-state index contributed by atoms with van der Waals surface area (Å²) >= 11 is 0. The molecule has 0 atom stereocenters. The molecule has 1 fully saturated rings. The first-order valence-corrected chi connectivity index (χ1v) is 5.74. The highest BCUT2D eigenvalue weighted by Gasteiger charge is 2.23. The summed E-state index contributed by atoms with van der Waals surface area (Å²) in [5.74, 6) is 0. The average Bonchev–Trinajstić information content (AvgIpc) is 2.62. The van der Waals surface area contributed by atoms with E-state index in [4.69, 9.17) is 5.73 Å². The normalized spacial score (nSPS) is 26.1. The maximum absolute atomic E-state index is 6.26. The number of allylic oxidation sites excluding steroid dienone is 5. The molecule has 1 heteroatoms. The minimum atomic E-state index is 1.16. The summed E-state index contributed by atoms with van der Waals surface area (Å²) in [4.78, 5) is 0. The molecule has 0 aromatic carbocycles. The Morgan fingerprint density at radius 1 is 1.00 bits per heavy atom. The summed E-state index contributed by atoms with van der Waals surface area (Å²) in [7, 11) is 0. The third-order valence-electron chi connectivity index (χ3n) is 3.76. The molecule has 0 heterocycles. The van der Waals surface area contributed by atoms with Gasteiger partial charge in [0, 0.05) is 5.70 Å². The van der Waals surface area contributed by atoms with Crippen molar-refractivity contribution in [2.24, 2.45) is 5.73 Å². The molecule has 0 aromatic heterocycles. The van der Waals surface area contributed by atoms with Gasteiger partial charge in [0.25, 0.3) is 0 Å². The molecule has 2 N–H and O–H groups in total. The Kier molecular flexibility index (Phi) is 1.79. The Labute approximate surface area is 85.4 Å². The number of fused-ring (bicyclic) bond motifs is 2. The van der Waals surface area contributed by atoms with Crippen molar-refractivity contribution in [1.29, 1.82) is 0 Å². The lowest BCUT2D eigenvalue weighted by molar-refractivity contribution is 0.702. The third kappa shape index (κ3) is 1.15. The molecule has 0 aliphatic heterocycles. The lowest BCUT2D eigenvalue weighted by Gasteiger charge is -2.18. The smallest absolute Gasteiger partial charge is 0.0344 e. The molecule has 74 valence electrons. The van der Waals surface area contributed by atoms with Crippen LogP contribution in [-0.2, 0) is 0 Å². The Balaban J connectivity index is 2.14. The standard InChI is InChI=1S/C13H17N/c14-13-11-5-1-3-9(8-11)7-10-4-2-6-12(10)13/h7H,1-6,8,14H2. The molecular weight excluding hydrogens is 170 g/mol. The van der Waals surface area contributed by atoms with Gasteiger partial charge in [-0.2, -0.15) is 0 Å². The van der Waals surface area contributed by atoms with Crippen molar-refractivity contribution in [3.05, 3.63) is 34.1 Å². The van der Waals surface area contributed by atoms with Crippen LogP contribution in [0.15, 0.2) is 34.1 Å². The van der Waals surface area contributed by atoms with Crippen LogP contribution in [0.5, 0.6) is 0 Å². The minimum absolute atomic E-state index is 1.16. The first-order chi connectivity index (χ1) is 6.84. The van der Waals surface area contributed by atoms with Gasteiger partial charge >= 0.3 is 0 Å². The zero-order valence-electron chi connectivity index (χ0n) is 8.60. The second-order valence-electron chi connectivity index (χ2n) is 4.71. The van der Waals surface area contributed by atoms with E-state index in [9.17, 15) is 0 Å². The fourth-order valence-electron chi connectivity index (χ4n) is 3.03. The van der Waals surface area contributed by atoms with Gasteiger partial charge < -0.3 is 5.73 Å². The van der Waals surface area contributed by atoms with Crippen molar-refractivity contribution in [1.82, 2.24) is 0 Å². The Hall–Kier alpha value is -0.980. The van der Waals surface area contributed by atoms with Crippen LogP contribution in [0, 0.1) is 0 Å². The van der Waals surface area contributed by atoms with Gasteiger partial charge in [0.2, 0.25) is 0 Å². The highest BCUT2D eigenvalue weighted by atomic mass is 14.6. The van der Waals surface area contributed by atoms with Gasteiger partial charge in [-0.15, -0.1) is 0 Å². The highest BCUT2D eigenvalue weighted by Crippen LogP contribution is 2.40. The van der Waals surface area contributed by atoms with Crippen LogP contribution in [0.3, 0.4) is 0 Å². The molecule has 0 radical (unpaired) electrons. The van der Waals surface area contributed by atoms with Gasteiger partial charge in [-0.05, 0) is 61.7 Å². The predicted molar refractivity (Wildman–Crippen MR) is 58.6 cm³/mol. The van der Waals surface area contributed by atoms with Crippen molar-refractivity contribution in [3.63, 3.8) is 0 Å². The number of hydrogen-bond acceptors (Lipinski definition) is 1. The molecule has 0 amide bonds. The molecule has 2 bridgehead atoms. The molecule has 3 aliphatic rings. The van der Waals surface area contributed by atoms with Crippen LogP contribution in [0.2, 0.25) is 0 Å². The van der Waals surface area contributed by atoms with E-state index in [0.717, 1.165) is 5.70 Å². The summed E-state index contributed by atoms with van der Waals surface area (Å²) in [6.07, 6.45) is 11.2. The Morgan fingerprint density at radius 3 is 2.79 bits per heavy atom. The van der Waals surface area contributed by atoms with Crippen LogP contribution in [0.1, 0.15) is 44.9 Å². The van der Waals surface area contributed by atoms with E-state index in [-0.39, 0.29) is 0 Å². The van der Waals surface area contributed by atoms with Crippen LogP contribution in [-0.4, -0.2) is 0 Å². The van der Waals surface area contributed by atoms with Gasteiger partial charge in [-0.1, -0.05) is 11.6 Å². The molecule has 0 unspecified atom stereocenters. The molecule has 0 aromatic rings. The summed E-state index contributed by atoms with van der Waals surface area (Å²) < 4.78 is 0. The second kappa shape index (κ2) is 3.01. The van der Waals surface area contributed by atoms with E-state index in [1.54, 1.807) is 11.1 Å². The van der Waals surface area contributed by atoms with E-state index in [2.05, 4.69) is 6.08 Å². The van der Waals surface area contributed by atoms with Crippen LogP contribution < -0.4 is 5.73 Å². The summed E-state index contributed by atoms with van der Waals surface area (Å²) in [5.41, 5.74) is 13.6. The third-order valence-corrected chi connectivity index (χ3v) is 3.76. The maximum atomic E-state index is 6.26. The van der Waals surface area contributed by atoms with E-state index in [1.807, 2.05) is 0 Å². The molecular formula is C13H17N. The minimum Gasteiger partial charge on any atom is -0.399 e. The van der Waals surface area contributed by atoms with Crippen molar-refractivity contribution in [2.45, 2.75) is 44.9 Å². The van der Waals surface area contributed by atoms with Crippen LogP contribution >= 0.6 is 0 Å². The number of nitrogens with two attached hydrogens (primary N) is 1. The van der Waals surface area contributed by atoms with Crippen LogP contribution in [0.25, 0.3) is 0 Å². The Bertz CT molecular complexity index is 369. The predicted octanol–water partition coefficient (Wildman–Crippen LogP) is 3.19. The first-order valence-electron chi connectivity index (χ1n) is 5.74. The SMILES string of the molecule is NC1=C2CCCC(=CC3=C1CCC3)C2. The second-order valence-corrected chi connectivity index (χ2v) is 4.71. The molecule has 3 aliphatic carbocycles. The molecule has 1 nitrogen and oxygen atoms in total. The fraction of sp³-hybridized carbons (Fsp3) is 0.538. The molecule has 1 saturated carbocycles. The topological polar surface area (TPSA) is 26.0 Å². The molecule has 14 heavy (non-hydrogen) atoms. The van der Waals surface area contributed by atoms with E-state index in [1.165, 1.54) is 56.1 Å².